The molecule has 1 N–H and O–H groups in total. The number of carbonyl (C=O) groups is 1. The first kappa shape index (κ1) is 17.7. The third-order valence-electron chi connectivity index (χ3n) is 5.72. The van der Waals surface area contributed by atoms with Crippen molar-refractivity contribution in [2.45, 2.75) is 52.4 Å². The van der Waals surface area contributed by atoms with Crippen molar-refractivity contribution in [3.05, 3.63) is 47.2 Å². The van der Waals surface area contributed by atoms with Gasteiger partial charge in [-0.25, -0.2) is 0 Å². The molecule has 0 aromatic carbocycles. The fourth-order valence-electron chi connectivity index (χ4n) is 4.23. The molecule has 0 spiro atoms. The summed E-state index contributed by atoms with van der Waals surface area (Å²) in [4.78, 5) is 12.7. The zero-order valence-electron chi connectivity index (χ0n) is 15.9. The highest BCUT2D eigenvalue weighted by Gasteiger charge is 2.34. The van der Waals surface area contributed by atoms with Gasteiger partial charge in [-0.05, 0) is 44.2 Å². The minimum atomic E-state index is -0.109. The Bertz CT molecular complexity index is 933. The number of amides is 1. The number of hydrogen-bond donors (Lipinski definition) is 1. The Morgan fingerprint density at radius 2 is 2.04 bits per heavy atom. The maximum atomic E-state index is 12.7. The largest absolute Gasteiger partial charge is 0.361 e. The molecule has 0 aliphatic heterocycles. The van der Waals surface area contributed by atoms with E-state index in [1.807, 2.05) is 28.8 Å². The molecule has 3 aromatic rings. The molecule has 7 nitrogen and oxygen atoms in total. The van der Waals surface area contributed by atoms with Crippen LogP contribution in [0.3, 0.4) is 0 Å². The highest BCUT2D eigenvalue weighted by molar-refractivity contribution is 5.96. The molecule has 1 saturated carbocycles. The lowest BCUT2D eigenvalue weighted by molar-refractivity contribution is 0.0904. The predicted octanol–water partition coefficient (Wildman–Crippen LogP) is 3.26. The van der Waals surface area contributed by atoms with Gasteiger partial charge in [0.15, 0.2) is 5.65 Å². The summed E-state index contributed by atoms with van der Waals surface area (Å²) in [6.45, 7) is 4.19. The van der Waals surface area contributed by atoms with E-state index < -0.39 is 0 Å². The molecule has 1 aliphatic carbocycles. The topological polar surface area (TPSA) is 85.3 Å². The van der Waals surface area contributed by atoms with Crippen LogP contribution in [0.1, 0.15) is 59.7 Å². The molecule has 1 amide bonds. The molecule has 7 heteroatoms. The molecule has 0 atom stereocenters. The Kier molecular flexibility index (Phi) is 4.68. The van der Waals surface area contributed by atoms with Crippen molar-refractivity contribution in [2.75, 3.05) is 6.54 Å². The second-order valence-electron chi connectivity index (χ2n) is 7.66. The molecular formula is C20H25N5O2. The minimum absolute atomic E-state index is 0.00564. The number of hydrogen-bond acceptors (Lipinski definition) is 5. The van der Waals surface area contributed by atoms with Gasteiger partial charge in [0.2, 0.25) is 0 Å². The molecule has 0 bridgehead atoms. The fraction of sp³-hybridized carbons (Fsp3) is 0.500. The number of nitrogens with zero attached hydrogens (tertiary/aromatic N) is 4. The molecule has 0 radical (unpaired) electrons. The summed E-state index contributed by atoms with van der Waals surface area (Å²) >= 11 is 0. The van der Waals surface area contributed by atoms with Crippen molar-refractivity contribution in [1.29, 1.82) is 0 Å². The Hall–Kier alpha value is -2.70. The Morgan fingerprint density at radius 1 is 1.22 bits per heavy atom. The van der Waals surface area contributed by atoms with Crippen molar-refractivity contribution in [2.24, 2.45) is 5.41 Å². The maximum Gasteiger partial charge on any atom is 0.256 e. The summed E-state index contributed by atoms with van der Waals surface area (Å²) in [5, 5.41) is 15.7. The second kappa shape index (κ2) is 7.13. The SMILES string of the molecule is Cc1noc(C)c1C(=O)NCC1(Cc2nnc3ccccn23)CCCCC1. The zero-order valence-corrected chi connectivity index (χ0v) is 15.9. The van der Waals surface area contributed by atoms with Crippen LogP contribution in [0.5, 0.6) is 0 Å². The van der Waals surface area contributed by atoms with Crippen LogP contribution in [0.25, 0.3) is 5.65 Å². The molecule has 3 heterocycles. The molecule has 0 unspecified atom stereocenters. The van der Waals surface area contributed by atoms with Crippen LogP contribution in [-0.4, -0.2) is 32.2 Å². The second-order valence-corrected chi connectivity index (χ2v) is 7.66. The van der Waals surface area contributed by atoms with E-state index in [0.717, 1.165) is 30.7 Å². The molecule has 4 rings (SSSR count). The smallest absolute Gasteiger partial charge is 0.256 e. The first-order valence-corrected chi connectivity index (χ1v) is 9.58. The zero-order chi connectivity index (χ0) is 18.9. The van der Waals surface area contributed by atoms with Crippen LogP contribution < -0.4 is 5.32 Å². The van der Waals surface area contributed by atoms with E-state index in [0.29, 0.717) is 23.6 Å². The van der Waals surface area contributed by atoms with E-state index in [-0.39, 0.29) is 11.3 Å². The summed E-state index contributed by atoms with van der Waals surface area (Å²) in [6, 6.07) is 5.92. The van der Waals surface area contributed by atoms with Crippen LogP contribution >= 0.6 is 0 Å². The maximum absolute atomic E-state index is 12.7. The number of fused-ring (bicyclic) bond motifs is 1. The van der Waals surface area contributed by atoms with Gasteiger partial charge in [0.25, 0.3) is 5.91 Å². The van der Waals surface area contributed by atoms with Crippen LogP contribution in [0.2, 0.25) is 0 Å². The molecule has 1 fully saturated rings. The van der Waals surface area contributed by atoms with Crippen LogP contribution in [0.15, 0.2) is 28.9 Å². The van der Waals surface area contributed by atoms with Crippen LogP contribution in [0, 0.1) is 19.3 Å². The van der Waals surface area contributed by atoms with E-state index in [4.69, 9.17) is 4.52 Å². The minimum Gasteiger partial charge on any atom is -0.361 e. The molecular weight excluding hydrogens is 342 g/mol. The summed E-state index contributed by atoms with van der Waals surface area (Å²) in [7, 11) is 0. The summed E-state index contributed by atoms with van der Waals surface area (Å²) in [6.07, 6.45) is 8.58. The van der Waals surface area contributed by atoms with E-state index >= 15 is 0 Å². The van der Waals surface area contributed by atoms with Gasteiger partial charge < -0.3 is 9.84 Å². The van der Waals surface area contributed by atoms with Crippen LogP contribution in [-0.2, 0) is 6.42 Å². The Balaban J connectivity index is 1.54. The van der Waals surface area contributed by atoms with Crippen LogP contribution in [0.4, 0.5) is 0 Å². The Morgan fingerprint density at radius 3 is 2.78 bits per heavy atom. The molecule has 0 saturated heterocycles. The summed E-state index contributed by atoms with van der Waals surface area (Å²) in [5.74, 6) is 1.41. The number of rotatable bonds is 5. The normalized spacial score (nSPS) is 16.5. The Labute approximate surface area is 158 Å². The highest BCUT2D eigenvalue weighted by atomic mass is 16.5. The first-order valence-electron chi connectivity index (χ1n) is 9.58. The van der Waals surface area contributed by atoms with Gasteiger partial charge in [-0.3, -0.25) is 9.20 Å². The highest BCUT2D eigenvalue weighted by Crippen LogP contribution is 2.38. The average Bonchev–Trinajstić information content (AvgIpc) is 3.24. The van der Waals surface area contributed by atoms with Gasteiger partial charge in [-0.15, -0.1) is 10.2 Å². The van der Waals surface area contributed by atoms with Gasteiger partial charge in [0, 0.05) is 19.2 Å². The van der Waals surface area contributed by atoms with E-state index in [1.54, 1.807) is 13.8 Å². The van der Waals surface area contributed by atoms with Crippen molar-refractivity contribution in [3.8, 4) is 0 Å². The van der Waals surface area contributed by atoms with Gasteiger partial charge in [0.1, 0.15) is 17.1 Å². The van der Waals surface area contributed by atoms with Crippen molar-refractivity contribution in [1.82, 2.24) is 25.1 Å². The number of carbonyl (C=O) groups excluding carboxylic acids is 1. The fourth-order valence-corrected chi connectivity index (χ4v) is 4.23. The van der Waals surface area contributed by atoms with Gasteiger partial charge in [-0.1, -0.05) is 30.5 Å². The monoisotopic (exact) mass is 367 g/mol. The van der Waals surface area contributed by atoms with E-state index in [9.17, 15) is 4.79 Å². The number of aromatic nitrogens is 4. The van der Waals surface area contributed by atoms with Crippen molar-refractivity contribution in [3.63, 3.8) is 0 Å². The van der Waals surface area contributed by atoms with Gasteiger partial charge in [-0.2, -0.15) is 0 Å². The van der Waals surface area contributed by atoms with Gasteiger partial charge >= 0.3 is 0 Å². The van der Waals surface area contributed by atoms with E-state index in [2.05, 4.69) is 20.7 Å². The van der Waals surface area contributed by atoms with Crippen molar-refractivity contribution < 1.29 is 9.32 Å². The van der Waals surface area contributed by atoms with E-state index in [1.165, 1.54) is 19.3 Å². The summed E-state index contributed by atoms with van der Waals surface area (Å²) in [5.41, 5.74) is 2.05. The quantitative estimate of drug-likeness (QED) is 0.748. The standard InChI is InChI=1S/C20H25N5O2/c1-14-18(15(2)27-24-14)19(26)21-13-20(9-5-3-6-10-20)12-17-23-22-16-8-4-7-11-25(16)17/h4,7-8,11H,3,5-6,9-10,12-13H2,1-2H3,(H,21,26). The third kappa shape index (κ3) is 3.46. The lowest BCUT2D eigenvalue weighted by Gasteiger charge is -2.37. The third-order valence-corrected chi connectivity index (χ3v) is 5.72. The lowest BCUT2D eigenvalue weighted by atomic mass is 9.71. The number of aryl methyl sites for hydroxylation is 2. The van der Waals surface area contributed by atoms with Crippen molar-refractivity contribution >= 4 is 11.6 Å². The molecule has 3 aromatic heterocycles. The van der Waals surface area contributed by atoms with Gasteiger partial charge in [0.05, 0.1) is 5.69 Å². The molecule has 1 aliphatic rings. The number of nitrogens with one attached hydrogen (secondary N) is 1. The summed E-state index contributed by atoms with van der Waals surface area (Å²) < 4.78 is 7.18. The number of pyridine rings is 1. The predicted molar refractivity (Wildman–Crippen MR) is 101 cm³/mol. The first-order chi connectivity index (χ1) is 13.1. The average molecular weight is 367 g/mol. The lowest BCUT2D eigenvalue weighted by Crippen LogP contribution is -2.41. The molecule has 142 valence electrons. The molecule has 27 heavy (non-hydrogen) atoms.